The largest absolute Gasteiger partial charge is 0.495 e. The van der Waals surface area contributed by atoms with E-state index in [1.165, 1.54) is 40.6 Å². The number of nitrogens with zero attached hydrogens (tertiary/aromatic N) is 6. The van der Waals surface area contributed by atoms with Gasteiger partial charge in [0.15, 0.2) is 18.3 Å². The molecule has 4 bridgehead atoms. The van der Waals surface area contributed by atoms with Gasteiger partial charge in [0.25, 0.3) is 5.79 Å². The summed E-state index contributed by atoms with van der Waals surface area (Å²) in [6.07, 6.45) is -18.5. The minimum Gasteiger partial charge on any atom is -0.495 e. The number of aliphatic hydroxyl groups is 8. The second-order valence-electron chi connectivity index (χ2n) is 30.3. The van der Waals surface area contributed by atoms with Gasteiger partial charge < -0.3 is 114 Å². The number of hydrogen-bond acceptors (Lipinski definition) is 27. The molecule has 6 aliphatic heterocycles. The molecular weight excluding hydrogens is 1530 g/mol. The average molecular weight is 1640 g/mol. The molecule has 0 radical (unpaired) electrons. The number of alkyl carbamates (subject to hydrolysis) is 1. The maximum absolute atomic E-state index is 14.6. The number of rotatable bonds is 27. The molecule has 10 rings (SSSR count). The highest BCUT2D eigenvalue weighted by atomic mass is 35.5. The van der Waals surface area contributed by atoms with Gasteiger partial charge in [-0.15, -0.1) is 5.10 Å². The Morgan fingerprint density at radius 3 is 2.33 bits per heavy atom. The van der Waals surface area contributed by atoms with Gasteiger partial charge in [-0.1, -0.05) is 110 Å². The molecule has 12 N–H and O–H groups in total. The molecule has 1 aromatic heterocycles. The Bertz CT molecular complexity index is 4180. The summed E-state index contributed by atoms with van der Waals surface area (Å²) in [5.41, 5.74) is 1.26. The first kappa shape index (κ1) is 88.6. The van der Waals surface area contributed by atoms with Crippen LogP contribution in [-0.4, -0.2) is 282 Å². The normalized spacial score (nSPS) is 30.7. The third-order valence-electron chi connectivity index (χ3n) is 22.4. The lowest BCUT2D eigenvalue weighted by molar-refractivity contribution is -0.343. The number of para-hydroxylation sites is 1. The lowest BCUT2D eigenvalue weighted by Gasteiger charge is -2.47. The number of thioether (sulfide) groups is 1. The van der Waals surface area contributed by atoms with Crippen LogP contribution in [0.15, 0.2) is 84.5 Å². The van der Waals surface area contributed by atoms with Crippen molar-refractivity contribution in [2.45, 2.75) is 235 Å². The Balaban J connectivity index is 0.756. The first-order valence-electron chi connectivity index (χ1n) is 37.9. The van der Waals surface area contributed by atoms with Crippen LogP contribution in [0.1, 0.15) is 105 Å². The van der Waals surface area contributed by atoms with E-state index in [1.807, 2.05) is 26.8 Å². The molecule has 4 saturated heterocycles. The zero-order valence-corrected chi connectivity index (χ0v) is 67.3. The number of carboxylic acids is 1. The molecule has 22 atom stereocenters. The van der Waals surface area contributed by atoms with E-state index in [4.69, 9.17) is 54.2 Å². The first-order chi connectivity index (χ1) is 54.0. The number of amides is 6. The Morgan fingerprint density at radius 1 is 0.930 bits per heavy atom. The summed E-state index contributed by atoms with van der Waals surface area (Å²) in [6.45, 7) is 12.1. The summed E-state index contributed by atoms with van der Waals surface area (Å²) >= 11 is 8.04. The standard InChI is InChI=1S/C78H106ClN9O25S/c1-13-40(3)43(6)108-73-69(99)68(98)67(97)55(109-73)37-107-78(74(101)102)33-51(90)64(81-44(7)89)70(112-78)66(96)52(91)36-88-65-47-21-15-14-20-46(47)35-87(49-23-17-16-22-48(49)63(65)83-84-88)60(94)25-27-80-58(92)38-114-28-26-59(93)85(9)42(5)72(100)111-57-32-61(95)86(10)50-30-45(31-53(105-11)62(50)79)29-39(2)19-18-24-56(106-12)77(104)34-54(110-75(103)82-77)41(4)71-76(57,8)113-71/h14-24,30-31,40-43,51-52,54-57,64,66-73,90-91,96-100,104H,13,25-29,32-38H2,1-12H3,(H,80,92)(H,81,89)(H,82,103)(H,101,102)/b24-18+,39-19+/t40?,41?,42?,43?,51?,52?,54?,55?,56?,57?,64?,66?,67?,68?,69?,70-,71?,72?,73?,76?,77?,78?/m0/s1. The van der Waals surface area contributed by atoms with E-state index in [-0.39, 0.29) is 72.8 Å². The first-order valence-corrected chi connectivity index (χ1v) is 39.5. The number of carboxylic acid groups (broad SMARTS) is 1. The van der Waals surface area contributed by atoms with Crippen molar-refractivity contribution in [1.29, 1.82) is 0 Å². The highest BCUT2D eigenvalue weighted by molar-refractivity contribution is 7.99. The van der Waals surface area contributed by atoms with Gasteiger partial charge in [-0.2, -0.15) is 11.8 Å². The number of halogens is 1. The fourth-order valence-electron chi connectivity index (χ4n) is 15.0. The van der Waals surface area contributed by atoms with Gasteiger partial charge in [-0.05, 0) is 69.4 Å². The molecule has 34 nitrogen and oxygen atoms in total. The Morgan fingerprint density at radius 2 is 1.64 bits per heavy atom. The number of nitrogens with one attached hydrogen (secondary N) is 3. The SMILES string of the molecule is CCC(C)C(C)OC1OC(COC2(C(=O)O)CC(O)C(NC(C)=O)[C@@H](C(O)C(O)Cn3nnc4c3-c3ccccc3CN(C(=O)CCNC(=O)CSCCC(=O)N(C)C(C)C(O)OC3CC(=O)N(C)c5cc(cc(OC)c5Cl)C/C(C)=C/C=C/C(OC)C5(O)CC(OC(=O)N5)C(C)C5OC35C)c3ccccc3-4)O2)C(O)C(O)C1O. The molecule has 4 fully saturated rings. The van der Waals surface area contributed by atoms with Crippen LogP contribution in [0.3, 0.4) is 0 Å². The highest BCUT2D eigenvalue weighted by Crippen LogP contribution is 2.50. The fourth-order valence-corrected chi connectivity index (χ4v) is 16.1. The fraction of sp³-hybridized carbons (Fsp3) is 0.603. The van der Waals surface area contributed by atoms with Crippen molar-refractivity contribution in [3.05, 3.63) is 101 Å². The third-order valence-corrected chi connectivity index (χ3v) is 23.8. The van der Waals surface area contributed by atoms with Crippen molar-refractivity contribution < 1.29 is 122 Å². The van der Waals surface area contributed by atoms with E-state index in [9.17, 15) is 79.5 Å². The Kier molecular flexibility index (Phi) is 29.2. The van der Waals surface area contributed by atoms with Crippen molar-refractivity contribution in [3.8, 4) is 28.3 Å². The molecule has 21 unspecified atom stereocenters. The molecule has 626 valence electrons. The number of anilines is 2. The number of aliphatic carboxylic acids is 1. The van der Waals surface area contributed by atoms with Crippen LogP contribution in [0.5, 0.6) is 5.75 Å². The predicted octanol–water partition coefficient (Wildman–Crippen LogP) is 2.84. The molecule has 114 heavy (non-hydrogen) atoms. The van der Waals surface area contributed by atoms with E-state index in [0.29, 0.717) is 52.4 Å². The van der Waals surface area contributed by atoms with Gasteiger partial charge in [0.2, 0.25) is 29.5 Å². The number of carbonyl (C=O) groups is 7. The maximum Gasteiger partial charge on any atom is 0.409 e. The quantitative estimate of drug-likeness (QED) is 0.0232. The van der Waals surface area contributed by atoms with Crippen molar-refractivity contribution in [3.63, 3.8) is 0 Å². The van der Waals surface area contributed by atoms with Crippen molar-refractivity contribution in [1.82, 2.24) is 35.8 Å². The van der Waals surface area contributed by atoms with E-state index in [2.05, 4.69) is 26.3 Å². The van der Waals surface area contributed by atoms with Crippen LogP contribution < -0.4 is 30.5 Å². The monoisotopic (exact) mass is 1640 g/mol. The molecule has 3 aromatic carbocycles. The minimum absolute atomic E-state index is 0.0162. The predicted molar refractivity (Wildman–Crippen MR) is 412 cm³/mol. The number of carbonyl (C=O) groups excluding carboxylic acids is 6. The van der Waals surface area contributed by atoms with Crippen LogP contribution in [0.25, 0.3) is 22.5 Å². The molecule has 6 amide bonds. The summed E-state index contributed by atoms with van der Waals surface area (Å²) in [7, 11) is 5.89. The summed E-state index contributed by atoms with van der Waals surface area (Å²) in [6, 6.07) is 14.8. The molecule has 36 heteroatoms. The molecular formula is C78H106ClN9O25S. The maximum atomic E-state index is 14.6. The van der Waals surface area contributed by atoms with E-state index < -0.39 is 182 Å². The van der Waals surface area contributed by atoms with Crippen LogP contribution in [0.4, 0.5) is 16.2 Å². The summed E-state index contributed by atoms with van der Waals surface area (Å²) in [5, 5.41) is 120. The van der Waals surface area contributed by atoms with E-state index in [0.717, 1.165) is 29.8 Å². The van der Waals surface area contributed by atoms with Gasteiger partial charge >= 0.3 is 12.1 Å². The number of methoxy groups -OCH3 is 2. The van der Waals surface area contributed by atoms with Crippen molar-refractivity contribution in [2.75, 3.05) is 62.8 Å². The molecule has 4 aromatic rings. The van der Waals surface area contributed by atoms with E-state index in [1.54, 1.807) is 108 Å². The van der Waals surface area contributed by atoms with Crippen LogP contribution in [-0.2, 0) is 86.2 Å². The Hall–Kier alpha value is -7.79. The molecule has 7 heterocycles. The van der Waals surface area contributed by atoms with Gasteiger partial charge in [-0.3, -0.25) is 29.3 Å². The third kappa shape index (κ3) is 19.7. The Labute approximate surface area is 669 Å². The number of aliphatic hydroxyl groups excluding tert-OH is 7. The zero-order chi connectivity index (χ0) is 83.2. The zero-order valence-electron chi connectivity index (χ0n) is 65.7. The number of fused-ring (bicyclic) bond motifs is 10. The molecule has 0 spiro atoms. The number of allylic oxidation sites excluding steroid dienone is 3. The highest BCUT2D eigenvalue weighted by Gasteiger charge is 2.64. The van der Waals surface area contributed by atoms with Crippen LogP contribution in [0.2, 0.25) is 5.02 Å². The molecule has 6 aliphatic rings. The average Bonchev–Trinajstić information content (AvgIpc) is 1.55. The van der Waals surface area contributed by atoms with Crippen molar-refractivity contribution in [2.24, 2.45) is 11.8 Å². The summed E-state index contributed by atoms with van der Waals surface area (Å²) in [5.74, 6) is -7.32. The van der Waals surface area contributed by atoms with E-state index >= 15 is 0 Å². The molecule has 0 saturated carbocycles. The number of benzene rings is 3. The van der Waals surface area contributed by atoms with Gasteiger partial charge in [0.05, 0.1) is 86.4 Å². The number of likely N-dealkylation sites (N-methyl/N-ethyl adjacent to an activating group) is 1. The summed E-state index contributed by atoms with van der Waals surface area (Å²) in [4.78, 5) is 99.6. The topological polar surface area (TPSA) is 464 Å². The summed E-state index contributed by atoms with van der Waals surface area (Å²) < 4.78 is 54.8. The smallest absolute Gasteiger partial charge is 0.409 e. The number of aromatic nitrogens is 3. The van der Waals surface area contributed by atoms with Crippen molar-refractivity contribution >= 4 is 76.3 Å². The second-order valence-corrected chi connectivity index (χ2v) is 31.8. The van der Waals surface area contributed by atoms with Gasteiger partial charge in [-0.25, -0.2) is 14.3 Å². The minimum atomic E-state index is -2.84. The van der Waals surface area contributed by atoms with Crippen LogP contribution in [0, 0.1) is 11.8 Å². The van der Waals surface area contributed by atoms with Gasteiger partial charge in [0, 0.05) is 83.2 Å². The number of hydrogen-bond donors (Lipinski definition) is 12. The molecule has 0 aliphatic carbocycles. The van der Waals surface area contributed by atoms with Gasteiger partial charge in [0.1, 0.15) is 83.1 Å². The number of epoxide rings is 1. The second kappa shape index (κ2) is 37.6. The lowest BCUT2D eigenvalue weighted by atomic mass is 9.83. The van der Waals surface area contributed by atoms with Crippen LogP contribution >= 0.6 is 23.4 Å². The lowest BCUT2D eigenvalue weighted by Crippen LogP contribution is -2.68. The number of ether oxygens (including phenoxy) is 9.